The van der Waals surface area contributed by atoms with E-state index in [1.54, 1.807) is 12.1 Å². The van der Waals surface area contributed by atoms with Crippen LogP contribution < -0.4 is 26.8 Å². The molecular weight excluding hydrogens is 447 g/mol. The Morgan fingerprint density at radius 3 is 2.64 bits per heavy atom. The van der Waals surface area contributed by atoms with Crippen LogP contribution in [-0.4, -0.2) is 59.5 Å². The van der Waals surface area contributed by atoms with Gasteiger partial charge in [-0.05, 0) is 37.4 Å². The number of pyridine rings is 1. The third-order valence-electron chi connectivity index (χ3n) is 5.31. The van der Waals surface area contributed by atoms with Crippen molar-refractivity contribution in [2.45, 2.75) is 6.17 Å². The molecule has 1 saturated heterocycles. The monoisotopic (exact) mass is 470 g/mol. The fourth-order valence-electron chi connectivity index (χ4n) is 3.36. The lowest BCUT2D eigenvalue weighted by Crippen LogP contribution is -2.55. The normalized spacial score (nSPS) is 16.5. The smallest absolute Gasteiger partial charge is 0.270 e. The van der Waals surface area contributed by atoms with Gasteiger partial charge in [0.15, 0.2) is 0 Å². The lowest BCUT2D eigenvalue weighted by atomic mass is 10.1. The molecule has 3 aromatic rings. The van der Waals surface area contributed by atoms with Crippen LogP contribution in [0.4, 0.5) is 20.9 Å². The number of likely N-dealkylation sites (N-methyl/N-ethyl adjacent to an activating group) is 1. The number of hydrogen-bond acceptors (Lipinski definition) is 9. The Morgan fingerprint density at radius 2 is 2.00 bits per heavy atom. The number of carbonyl (C=O) groups is 2. The Balaban J connectivity index is 1.54. The molecule has 33 heavy (non-hydrogen) atoms. The summed E-state index contributed by atoms with van der Waals surface area (Å²) in [5.74, 6) is -1.87. The van der Waals surface area contributed by atoms with E-state index in [1.165, 1.54) is 22.7 Å². The van der Waals surface area contributed by atoms with Gasteiger partial charge in [-0.15, -0.1) is 11.3 Å². The minimum Gasteiger partial charge on any atom is -0.367 e. The third kappa shape index (κ3) is 5.08. The van der Waals surface area contributed by atoms with Gasteiger partial charge >= 0.3 is 0 Å². The average molecular weight is 471 g/mol. The van der Waals surface area contributed by atoms with Crippen molar-refractivity contribution in [2.75, 3.05) is 36.6 Å². The molecule has 4 rings (SSSR count). The maximum Gasteiger partial charge on any atom is 0.270 e. The van der Waals surface area contributed by atoms with E-state index in [-0.39, 0.29) is 22.7 Å². The van der Waals surface area contributed by atoms with Gasteiger partial charge < -0.3 is 16.4 Å². The molecule has 10 nitrogen and oxygen atoms in total. The first-order valence-electron chi connectivity index (χ1n) is 10.1. The number of primary amides is 1. The number of halogens is 1. The maximum absolute atomic E-state index is 13.8. The molecule has 1 atom stereocenters. The average Bonchev–Trinajstić information content (AvgIpc) is 3.30. The maximum atomic E-state index is 13.8. The van der Waals surface area contributed by atoms with E-state index in [2.05, 4.69) is 25.2 Å². The highest BCUT2D eigenvalue weighted by molar-refractivity contribution is 7.14. The highest BCUT2D eigenvalue weighted by Gasteiger charge is 2.22. The highest BCUT2D eigenvalue weighted by Crippen LogP contribution is 2.27. The fraction of sp³-hybridized carbons (Fsp3) is 0.238. The quantitative estimate of drug-likeness (QED) is 0.363. The van der Waals surface area contributed by atoms with Crippen LogP contribution in [0.2, 0.25) is 0 Å². The van der Waals surface area contributed by atoms with E-state index in [1.807, 2.05) is 19.2 Å². The number of piperazine rings is 1. The molecule has 0 bridgehead atoms. The Morgan fingerprint density at radius 1 is 1.24 bits per heavy atom. The van der Waals surface area contributed by atoms with E-state index in [0.717, 1.165) is 36.2 Å². The van der Waals surface area contributed by atoms with Crippen molar-refractivity contribution in [1.29, 1.82) is 0 Å². The van der Waals surface area contributed by atoms with E-state index in [0.29, 0.717) is 12.1 Å². The van der Waals surface area contributed by atoms with Gasteiger partial charge in [-0.2, -0.15) is 4.39 Å². The zero-order chi connectivity index (χ0) is 23.5. The number of nitrogens with two attached hydrogens (primary N) is 2. The minimum absolute atomic E-state index is 0.0403. The summed E-state index contributed by atoms with van der Waals surface area (Å²) in [4.78, 5) is 36.4. The largest absolute Gasteiger partial charge is 0.367 e. The SMILES string of the molecule is CN1CCN(c2ccc(C(=O)NN(c3ccnc(F)c3)c3nc(C(N)=O)cs3)cc2)CC1N. The van der Waals surface area contributed by atoms with Crippen molar-refractivity contribution in [3.05, 3.63) is 65.2 Å². The topological polar surface area (TPSA) is 134 Å². The van der Waals surface area contributed by atoms with Crippen LogP contribution in [-0.2, 0) is 0 Å². The fourth-order valence-corrected chi connectivity index (χ4v) is 4.15. The second-order valence-corrected chi connectivity index (χ2v) is 8.37. The van der Waals surface area contributed by atoms with Crippen LogP contribution in [0.1, 0.15) is 20.8 Å². The molecule has 3 heterocycles. The summed E-state index contributed by atoms with van der Waals surface area (Å²) in [6, 6.07) is 9.78. The van der Waals surface area contributed by atoms with Crippen molar-refractivity contribution < 1.29 is 14.0 Å². The van der Waals surface area contributed by atoms with E-state index < -0.39 is 17.8 Å². The Kier molecular flexibility index (Phi) is 6.49. The molecule has 1 unspecified atom stereocenters. The van der Waals surface area contributed by atoms with Crippen LogP contribution in [0, 0.1) is 5.95 Å². The van der Waals surface area contributed by atoms with Crippen LogP contribution in [0.25, 0.3) is 0 Å². The van der Waals surface area contributed by atoms with Crippen LogP contribution in [0.5, 0.6) is 0 Å². The van der Waals surface area contributed by atoms with Gasteiger partial charge in [0.2, 0.25) is 11.1 Å². The third-order valence-corrected chi connectivity index (χ3v) is 6.13. The van der Waals surface area contributed by atoms with Gasteiger partial charge in [0.25, 0.3) is 11.8 Å². The molecule has 12 heteroatoms. The van der Waals surface area contributed by atoms with Gasteiger partial charge in [0.05, 0.1) is 11.9 Å². The Bertz CT molecular complexity index is 1160. The second-order valence-electron chi connectivity index (χ2n) is 7.53. The summed E-state index contributed by atoms with van der Waals surface area (Å²) in [5.41, 5.74) is 15.8. The van der Waals surface area contributed by atoms with Crippen molar-refractivity contribution in [3.63, 3.8) is 0 Å². The standard InChI is InChI=1S/C21H23FN8O2S/c1-28-8-9-29(11-18(28)23)14-4-2-13(3-5-14)20(32)27-30(15-6-7-25-17(22)10-15)21-26-16(12-33-21)19(24)31/h2-7,10,12,18H,8-9,11,23H2,1H3,(H2,24,31)(H,27,32). The number of hydrazine groups is 1. The number of anilines is 3. The van der Waals surface area contributed by atoms with E-state index >= 15 is 0 Å². The van der Waals surface area contributed by atoms with Gasteiger partial charge in [-0.25, -0.2) is 15.0 Å². The molecule has 0 spiro atoms. The van der Waals surface area contributed by atoms with Crippen LogP contribution in [0.15, 0.2) is 48.0 Å². The lowest BCUT2D eigenvalue weighted by molar-refractivity contribution is 0.0953. The second kappa shape index (κ2) is 9.48. The number of nitrogens with one attached hydrogen (secondary N) is 1. The molecule has 1 aliphatic heterocycles. The summed E-state index contributed by atoms with van der Waals surface area (Å²) in [6.45, 7) is 2.38. The lowest BCUT2D eigenvalue weighted by Gasteiger charge is -2.38. The van der Waals surface area contributed by atoms with Gasteiger partial charge in [-0.1, -0.05) is 0 Å². The number of hydrogen-bond donors (Lipinski definition) is 3. The summed E-state index contributed by atoms with van der Waals surface area (Å²) in [5, 5.41) is 2.99. The van der Waals surface area contributed by atoms with Gasteiger partial charge in [0.1, 0.15) is 5.69 Å². The molecule has 2 amide bonds. The number of nitrogens with zero attached hydrogens (tertiary/aromatic N) is 5. The van der Waals surface area contributed by atoms with Crippen molar-refractivity contribution in [2.24, 2.45) is 11.5 Å². The minimum atomic E-state index is -0.729. The number of rotatable bonds is 6. The molecule has 0 saturated carbocycles. The summed E-state index contributed by atoms with van der Waals surface area (Å²) >= 11 is 1.08. The zero-order valence-electron chi connectivity index (χ0n) is 17.8. The van der Waals surface area contributed by atoms with E-state index in [9.17, 15) is 14.0 Å². The van der Waals surface area contributed by atoms with Gasteiger partial charge in [0, 0.05) is 48.5 Å². The first-order valence-corrected chi connectivity index (χ1v) is 11.0. The predicted octanol–water partition coefficient (Wildman–Crippen LogP) is 1.30. The number of benzene rings is 1. The molecule has 172 valence electrons. The number of carbonyl (C=O) groups excluding carboxylic acids is 2. The Hall–Kier alpha value is -3.61. The van der Waals surface area contributed by atoms with Crippen molar-refractivity contribution in [3.8, 4) is 0 Å². The van der Waals surface area contributed by atoms with Crippen molar-refractivity contribution >= 4 is 39.7 Å². The molecule has 2 aromatic heterocycles. The Labute approximate surface area is 193 Å². The molecule has 1 fully saturated rings. The highest BCUT2D eigenvalue weighted by atomic mass is 32.1. The summed E-state index contributed by atoms with van der Waals surface area (Å²) in [7, 11) is 1.99. The van der Waals surface area contributed by atoms with E-state index in [4.69, 9.17) is 11.5 Å². The number of thiazole rings is 1. The first-order chi connectivity index (χ1) is 15.8. The van der Waals surface area contributed by atoms with Crippen LogP contribution >= 0.6 is 11.3 Å². The summed E-state index contributed by atoms with van der Waals surface area (Å²) in [6.07, 6.45) is 1.21. The number of amides is 2. The molecule has 0 radical (unpaired) electrons. The molecule has 0 aliphatic carbocycles. The zero-order valence-corrected chi connectivity index (χ0v) is 18.6. The molecule has 1 aromatic carbocycles. The first kappa shape index (κ1) is 22.6. The molecule has 1 aliphatic rings. The predicted molar refractivity (Wildman–Crippen MR) is 124 cm³/mol. The van der Waals surface area contributed by atoms with Crippen LogP contribution in [0.3, 0.4) is 0 Å². The summed E-state index contributed by atoms with van der Waals surface area (Å²) < 4.78 is 13.8. The molecule has 5 N–H and O–H groups in total. The number of aromatic nitrogens is 2. The molecular formula is C21H23FN8O2S. The van der Waals surface area contributed by atoms with Gasteiger partial charge in [-0.3, -0.25) is 19.9 Å². The van der Waals surface area contributed by atoms with Crippen molar-refractivity contribution in [1.82, 2.24) is 20.3 Å².